The summed E-state index contributed by atoms with van der Waals surface area (Å²) < 4.78 is 12.4. The Bertz CT molecular complexity index is 1540. The summed E-state index contributed by atoms with van der Waals surface area (Å²) in [4.78, 5) is 16.4. The van der Waals surface area contributed by atoms with Gasteiger partial charge in [0, 0.05) is 30.7 Å². The molecule has 0 aliphatic carbocycles. The van der Waals surface area contributed by atoms with Crippen LogP contribution >= 0.6 is 0 Å². The van der Waals surface area contributed by atoms with Crippen LogP contribution in [0, 0.1) is 0 Å². The maximum absolute atomic E-state index is 11.4. The number of carbonyl (C=O) groups excluding carboxylic acids is 1. The molecule has 1 aromatic heterocycles. The summed E-state index contributed by atoms with van der Waals surface area (Å²) in [6, 6.07) is 32.7. The Kier molecular flexibility index (Phi) is 8.27. The van der Waals surface area contributed by atoms with E-state index in [1.165, 1.54) is 23.4 Å². The minimum Gasteiger partial charge on any atom is -0.487 e. The fraction of sp³-hybridized carbons (Fsp3) is 0.206. The number of hydrogen-bond donors (Lipinski definition) is 1. The molecule has 4 aromatic carbocycles. The number of nitrogens with one attached hydrogen (secondary N) is 1. The maximum atomic E-state index is 11.4. The Morgan fingerprint density at radius 1 is 0.846 bits per heavy atom. The van der Waals surface area contributed by atoms with Crippen molar-refractivity contribution in [1.82, 2.24) is 0 Å². The van der Waals surface area contributed by atoms with E-state index in [1.54, 1.807) is 0 Å². The summed E-state index contributed by atoms with van der Waals surface area (Å²) in [5, 5.41) is 1.20. The van der Waals surface area contributed by atoms with Gasteiger partial charge in [0.25, 0.3) is 0 Å². The van der Waals surface area contributed by atoms with Gasteiger partial charge >= 0.3 is 5.97 Å². The zero-order valence-electron chi connectivity index (χ0n) is 22.4. The van der Waals surface area contributed by atoms with Gasteiger partial charge in [-0.3, -0.25) is 4.79 Å². The molecule has 0 aliphatic rings. The summed E-state index contributed by atoms with van der Waals surface area (Å²) in [7, 11) is 0. The minimum atomic E-state index is -0.424. The molecule has 0 spiro atoms. The fourth-order valence-corrected chi connectivity index (χ4v) is 4.67. The molecule has 5 rings (SSSR count). The van der Waals surface area contributed by atoms with E-state index in [0.717, 1.165) is 53.7 Å². The summed E-state index contributed by atoms with van der Waals surface area (Å²) in [5.74, 6) is 1.28. The fourth-order valence-electron chi connectivity index (χ4n) is 4.67. The number of rotatable bonds is 11. The lowest BCUT2D eigenvalue weighted by Gasteiger charge is -2.14. The molecule has 0 amide bonds. The number of unbranched alkanes of at least 4 members (excludes halogenated alkanes) is 1. The van der Waals surface area contributed by atoms with Crippen molar-refractivity contribution in [3.63, 3.8) is 0 Å². The average Bonchev–Trinajstić information content (AvgIpc) is 3.32. The lowest BCUT2D eigenvalue weighted by molar-refractivity contribution is -0.138. The van der Waals surface area contributed by atoms with Gasteiger partial charge in [-0.1, -0.05) is 92.2 Å². The third-order valence-electron chi connectivity index (χ3n) is 6.73. The summed E-state index contributed by atoms with van der Waals surface area (Å²) >= 11 is 0. The van der Waals surface area contributed by atoms with Crippen LogP contribution in [0.4, 0.5) is 5.69 Å². The van der Waals surface area contributed by atoms with E-state index < -0.39 is 5.97 Å². The van der Waals surface area contributed by atoms with Gasteiger partial charge in [0.05, 0.1) is 0 Å². The third-order valence-corrected chi connectivity index (χ3v) is 6.73. The number of aryl methyl sites for hydroxylation is 1. The Hall–Kier alpha value is -4.51. The standard InChI is InChI=1S/C34H33NO4/c1-3-4-13-33-30(29-12-8-9-14-32(29)38-33)21-25-15-17-27(18-16-25)28-19-20-31(35-39-24(2)36)34(22-28)37-23-26-10-6-5-7-11-26/h5-12,14-20,22,35H,3-4,13,21,23H2,1-2H3. The number of fused-ring (bicyclic) bond motifs is 1. The molecule has 0 saturated heterocycles. The molecule has 0 fully saturated rings. The summed E-state index contributed by atoms with van der Waals surface area (Å²) in [5.41, 5.74) is 9.91. The molecule has 5 aromatic rings. The highest BCUT2D eigenvalue weighted by atomic mass is 16.7. The third kappa shape index (κ3) is 6.50. The molecule has 5 nitrogen and oxygen atoms in total. The zero-order chi connectivity index (χ0) is 27.0. The molecule has 198 valence electrons. The van der Waals surface area contributed by atoms with Crippen LogP contribution in [-0.2, 0) is 29.1 Å². The Morgan fingerprint density at radius 3 is 2.36 bits per heavy atom. The number of ether oxygens (including phenoxy) is 1. The first-order chi connectivity index (χ1) is 19.1. The van der Waals surface area contributed by atoms with E-state index in [-0.39, 0.29) is 0 Å². The predicted octanol–water partition coefficient (Wildman–Crippen LogP) is 8.50. The second kappa shape index (κ2) is 12.4. The summed E-state index contributed by atoms with van der Waals surface area (Å²) in [6.07, 6.45) is 4.03. The van der Waals surface area contributed by atoms with Crippen molar-refractivity contribution in [3.8, 4) is 16.9 Å². The molecule has 1 heterocycles. The maximum Gasteiger partial charge on any atom is 0.329 e. The lowest BCUT2D eigenvalue weighted by atomic mass is 9.97. The second-order valence-corrected chi connectivity index (χ2v) is 9.66. The first-order valence-corrected chi connectivity index (χ1v) is 13.4. The zero-order valence-corrected chi connectivity index (χ0v) is 22.4. The molecule has 0 aliphatic heterocycles. The second-order valence-electron chi connectivity index (χ2n) is 9.66. The van der Waals surface area contributed by atoms with Gasteiger partial charge in [0.2, 0.25) is 0 Å². The highest BCUT2D eigenvalue weighted by Gasteiger charge is 2.15. The van der Waals surface area contributed by atoms with Crippen LogP contribution in [-0.4, -0.2) is 5.97 Å². The molecule has 5 heteroatoms. The van der Waals surface area contributed by atoms with Crippen molar-refractivity contribution < 1.29 is 18.8 Å². The SMILES string of the molecule is CCCCc1oc2ccccc2c1Cc1ccc(-c2ccc(NOC(C)=O)c(OCc3ccccc3)c2)cc1. The van der Waals surface area contributed by atoms with Gasteiger partial charge in [-0.15, -0.1) is 0 Å². The molecular weight excluding hydrogens is 486 g/mol. The minimum absolute atomic E-state index is 0.400. The van der Waals surface area contributed by atoms with E-state index in [1.807, 2.05) is 54.6 Å². The Balaban J connectivity index is 1.38. The van der Waals surface area contributed by atoms with Crippen molar-refractivity contribution in [1.29, 1.82) is 0 Å². The van der Waals surface area contributed by atoms with Crippen molar-refractivity contribution in [3.05, 3.63) is 120 Å². The van der Waals surface area contributed by atoms with Gasteiger partial charge in [-0.2, -0.15) is 0 Å². The van der Waals surface area contributed by atoms with Crippen LogP contribution in [0.2, 0.25) is 0 Å². The van der Waals surface area contributed by atoms with Crippen molar-refractivity contribution in [2.45, 2.75) is 46.1 Å². The van der Waals surface area contributed by atoms with E-state index >= 15 is 0 Å². The van der Waals surface area contributed by atoms with E-state index in [0.29, 0.717) is 18.0 Å². The first kappa shape index (κ1) is 26.1. The van der Waals surface area contributed by atoms with Crippen LogP contribution in [0.5, 0.6) is 5.75 Å². The van der Waals surface area contributed by atoms with Crippen LogP contribution in [0.1, 0.15) is 49.1 Å². The van der Waals surface area contributed by atoms with Gasteiger partial charge in [0.15, 0.2) is 0 Å². The number of benzene rings is 4. The van der Waals surface area contributed by atoms with Crippen molar-refractivity contribution >= 4 is 22.6 Å². The smallest absolute Gasteiger partial charge is 0.329 e. The number of carbonyl (C=O) groups is 1. The van der Waals surface area contributed by atoms with Crippen LogP contribution in [0.3, 0.4) is 0 Å². The first-order valence-electron chi connectivity index (χ1n) is 13.4. The van der Waals surface area contributed by atoms with E-state index in [4.69, 9.17) is 14.0 Å². The normalized spacial score (nSPS) is 10.9. The van der Waals surface area contributed by atoms with Crippen LogP contribution in [0.15, 0.2) is 101 Å². The molecule has 0 atom stereocenters. The number of anilines is 1. The largest absolute Gasteiger partial charge is 0.487 e. The Morgan fingerprint density at radius 2 is 1.59 bits per heavy atom. The molecule has 0 bridgehead atoms. The van der Waals surface area contributed by atoms with Gasteiger partial charge in [-0.25, -0.2) is 5.48 Å². The van der Waals surface area contributed by atoms with Gasteiger partial charge < -0.3 is 14.0 Å². The highest BCUT2D eigenvalue weighted by Crippen LogP contribution is 2.33. The average molecular weight is 520 g/mol. The predicted molar refractivity (Wildman–Crippen MR) is 156 cm³/mol. The quantitative estimate of drug-likeness (QED) is 0.177. The highest BCUT2D eigenvalue weighted by molar-refractivity contribution is 5.82. The molecule has 1 N–H and O–H groups in total. The van der Waals surface area contributed by atoms with Crippen LogP contribution in [0.25, 0.3) is 22.1 Å². The van der Waals surface area contributed by atoms with E-state index in [9.17, 15) is 4.79 Å². The molecule has 0 radical (unpaired) electrons. The number of furan rings is 1. The molecule has 0 unspecified atom stereocenters. The van der Waals surface area contributed by atoms with Gasteiger partial charge in [0.1, 0.15) is 29.4 Å². The number of para-hydroxylation sites is 1. The lowest BCUT2D eigenvalue weighted by Crippen LogP contribution is -2.08. The molecule has 0 saturated carbocycles. The molecule has 39 heavy (non-hydrogen) atoms. The summed E-state index contributed by atoms with van der Waals surface area (Å²) in [6.45, 7) is 3.96. The van der Waals surface area contributed by atoms with Crippen molar-refractivity contribution in [2.75, 3.05) is 5.48 Å². The number of hydrogen-bond acceptors (Lipinski definition) is 5. The van der Waals surface area contributed by atoms with Crippen LogP contribution < -0.4 is 10.2 Å². The van der Waals surface area contributed by atoms with Crippen molar-refractivity contribution in [2.24, 2.45) is 0 Å². The molecular formula is C34H33NO4. The topological polar surface area (TPSA) is 60.7 Å². The van der Waals surface area contributed by atoms with E-state index in [2.05, 4.69) is 54.9 Å². The van der Waals surface area contributed by atoms with Gasteiger partial charge in [-0.05, 0) is 46.9 Å². The Labute approximate surface area is 229 Å². The monoisotopic (exact) mass is 519 g/mol.